The van der Waals surface area contributed by atoms with Crippen molar-refractivity contribution in [1.82, 2.24) is 10.6 Å². The van der Waals surface area contributed by atoms with Crippen molar-refractivity contribution >= 4 is 23.8 Å². The zero-order valence-electron chi connectivity index (χ0n) is 11.3. The quantitative estimate of drug-likeness (QED) is 0.596. The first-order valence-corrected chi connectivity index (χ1v) is 7.51. The number of amides is 2. The number of nitrogens with two attached hydrogens (primary N) is 1. The van der Waals surface area contributed by atoms with Crippen LogP contribution in [0, 0.1) is 0 Å². The minimum atomic E-state index is -0.384. The summed E-state index contributed by atoms with van der Waals surface area (Å²) < 4.78 is 4.97. The highest BCUT2D eigenvalue weighted by atomic mass is 32.2. The minimum absolute atomic E-state index is 0.133. The number of hydrogen-bond acceptors (Lipinski definition) is 5. The van der Waals surface area contributed by atoms with Gasteiger partial charge in [0.1, 0.15) is 0 Å². The van der Waals surface area contributed by atoms with Gasteiger partial charge in [0.05, 0.1) is 18.7 Å². The van der Waals surface area contributed by atoms with Crippen molar-refractivity contribution in [2.45, 2.75) is 26.3 Å². The number of ether oxygens (including phenoxy) is 1. The van der Waals surface area contributed by atoms with Crippen LogP contribution < -0.4 is 16.4 Å². The zero-order valence-corrected chi connectivity index (χ0v) is 12.1. The van der Waals surface area contributed by atoms with Gasteiger partial charge < -0.3 is 21.1 Å². The number of carbonyl (C=O) groups excluding carboxylic acids is 2. The van der Waals surface area contributed by atoms with E-state index in [9.17, 15) is 9.59 Å². The molecule has 0 radical (unpaired) electrons. The average molecular weight is 287 g/mol. The predicted octanol–water partition coefficient (Wildman–Crippen LogP) is 0.587. The summed E-state index contributed by atoms with van der Waals surface area (Å²) >= 11 is 1.60. The first kappa shape index (κ1) is 15.8. The van der Waals surface area contributed by atoms with E-state index in [1.807, 2.05) is 6.92 Å². The van der Waals surface area contributed by atoms with Crippen molar-refractivity contribution in [2.24, 2.45) is 5.73 Å². The largest absolute Gasteiger partial charge is 0.463 e. The lowest BCUT2D eigenvalue weighted by molar-refractivity contribution is -0.138. The van der Waals surface area contributed by atoms with Crippen molar-refractivity contribution < 1.29 is 14.3 Å². The third kappa shape index (κ3) is 5.12. The van der Waals surface area contributed by atoms with Gasteiger partial charge in [0.2, 0.25) is 0 Å². The topological polar surface area (TPSA) is 93.4 Å². The molecule has 0 aromatic carbocycles. The van der Waals surface area contributed by atoms with Crippen LogP contribution in [0.5, 0.6) is 0 Å². The smallest absolute Gasteiger partial charge is 0.337 e. The van der Waals surface area contributed by atoms with Crippen LogP contribution in [0.2, 0.25) is 0 Å². The molecule has 7 heteroatoms. The molecule has 0 spiro atoms. The van der Waals surface area contributed by atoms with Gasteiger partial charge in [0.15, 0.2) is 0 Å². The lowest BCUT2D eigenvalue weighted by atomic mass is 10.2. The second kappa shape index (κ2) is 8.06. The first-order chi connectivity index (χ1) is 9.08. The van der Waals surface area contributed by atoms with Crippen LogP contribution in [0.25, 0.3) is 0 Å². The Bertz CT molecular complexity index is 371. The fourth-order valence-corrected chi connectivity index (χ4v) is 2.61. The van der Waals surface area contributed by atoms with Crippen LogP contribution >= 0.6 is 11.8 Å². The first-order valence-electron chi connectivity index (χ1n) is 6.35. The van der Waals surface area contributed by atoms with Crippen LogP contribution in [0.4, 0.5) is 4.79 Å². The van der Waals surface area contributed by atoms with Crippen LogP contribution in [-0.2, 0) is 9.53 Å². The monoisotopic (exact) mass is 287 g/mol. The Morgan fingerprint density at radius 2 is 2.26 bits per heavy atom. The Labute approximate surface area is 117 Å². The molecule has 0 aromatic rings. The molecule has 0 saturated carbocycles. The molecule has 1 rings (SSSR count). The van der Waals surface area contributed by atoms with E-state index in [1.165, 1.54) is 0 Å². The summed E-state index contributed by atoms with van der Waals surface area (Å²) in [6, 6.07) is -0.155. The maximum absolute atomic E-state index is 11.8. The number of hydrogen-bond donors (Lipinski definition) is 3. The molecule has 0 saturated heterocycles. The molecule has 0 bridgehead atoms. The van der Waals surface area contributed by atoms with Gasteiger partial charge in [-0.3, -0.25) is 0 Å². The lowest BCUT2D eigenvalue weighted by Gasteiger charge is -2.21. The van der Waals surface area contributed by atoms with E-state index in [4.69, 9.17) is 10.5 Å². The van der Waals surface area contributed by atoms with Crippen LogP contribution in [-0.4, -0.2) is 42.7 Å². The molecule has 0 aromatic heterocycles. The highest BCUT2D eigenvalue weighted by molar-refractivity contribution is 7.99. The van der Waals surface area contributed by atoms with Gasteiger partial charge in [-0.1, -0.05) is 6.92 Å². The van der Waals surface area contributed by atoms with Crippen LogP contribution in [0.1, 0.15) is 20.3 Å². The van der Waals surface area contributed by atoms with Crippen molar-refractivity contribution in [3.8, 4) is 0 Å². The fourth-order valence-electron chi connectivity index (χ4n) is 1.50. The molecule has 108 valence electrons. The fraction of sp³-hybridized carbons (Fsp3) is 0.667. The maximum Gasteiger partial charge on any atom is 0.337 e. The Balaban J connectivity index is 2.65. The van der Waals surface area contributed by atoms with Gasteiger partial charge in [-0.2, -0.15) is 11.8 Å². The molecule has 1 aliphatic heterocycles. The van der Waals surface area contributed by atoms with Crippen LogP contribution in [0.15, 0.2) is 11.3 Å². The van der Waals surface area contributed by atoms with Crippen molar-refractivity contribution in [3.63, 3.8) is 0 Å². The van der Waals surface area contributed by atoms with Gasteiger partial charge in [-0.25, -0.2) is 9.59 Å². The summed E-state index contributed by atoms with van der Waals surface area (Å²) in [5, 5.41) is 5.23. The summed E-state index contributed by atoms with van der Waals surface area (Å²) in [4.78, 5) is 23.1. The number of urea groups is 1. The normalized spacial score (nSPS) is 16.7. The lowest BCUT2D eigenvalue weighted by Crippen LogP contribution is -2.44. The van der Waals surface area contributed by atoms with E-state index in [0.717, 1.165) is 12.2 Å². The molecule has 1 heterocycles. The summed E-state index contributed by atoms with van der Waals surface area (Å²) in [7, 11) is 0. The highest BCUT2D eigenvalue weighted by Crippen LogP contribution is 2.15. The van der Waals surface area contributed by atoms with Crippen molar-refractivity contribution in [2.75, 3.05) is 24.7 Å². The highest BCUT2D eigenvalue weighted by Gasteiger charge is 2.23. The van der Waals surface area contributed by atoms with Crippen LogP contribution in [0.3, 0.4) is 0 Å². The molecule has 4 N–H and O–H groups in total. The van der Waals surface area contributed by atoms with E-state index in [2.05, 4.69) is 10.6 Å². The molecule has 1 unspecified atom stereocenters. The summed E-state index contributed by atoms with van der Waals surface area (Å²) in [6.45, 7) is 4.31. The number of thioether (sulfide) groups is 1. The van der Waals surface area contributed by atoms with Gasteiger partial charge in [0.25, 0.3) is 0 Å². The molecule has 6 nitrogen and oxygen atoms in total. The van der Waals surface area contributed by atoms with E-state index in [1.54, 1.807) is 18.7 Å². The zero-order chi connectivity index (χ0) is 14.3. The molecule has 0 fully saturated rings. The summed E-state index contributed by atoms with van der Waals surface area (Å²) in [5.74, 6) is 0.958. The number of carbonyl (C=O) groups is 2. The van der Waals surface area contributed by atoms with E-state index < -0.39 is 0 Å². The molecule has 1 aliphatic rings. The SMILES string of the molecule is CCOC(=O)C1=C(CSCC(N)CC)NC(=O)NC1. The van der Waals surface area contributed by atoms with Gasteiger partial charge in [0, 0.05) is 23.2 Å². The third-order valence-electron chi connectivity index (χ3n) is 2.68. The van der Waals surface area contributed by atoms with Crippen molar-refractivity contribution in [1.29, 1.82) is 0 Å². The molecular weight excluding hydrogens is 266 g/mol. The maximum atomic E-state index is 11.8. The predicted molar refractivity (Wildman–Crippen MR) is 75.8 cm³/mol. The second-order valence-electron chi connectivity index (χ2n) is 4.17. The Hall–Kier alpha value is -1.21. The molecule has 0 aliphatic carbocycles. The van der Waals surface area contributed by atoms with Gasteiger partial charge >= 0.3 is 12.0 Å². The molecular formula is C12H21N3O3S. The summed E-state index contributed by atoms with van der Waals surface area (Å²) in [6.07, 6.45) is 0.907. The molecule has 19 heavy (non-hydrogen) atoms. The standard InChI is InChI=1S/C12H21N3O3S/c1-3-8(13)6-19-7-10-9(11(16)18-4-2)5-14-12(17)15-10/h8H,3-7,13H2,1-2H3,(H2,14,15,17). The van der Waals surface area contributed by atoms with Crippen molar-refractivity contribution in [3.05, 3.63) is 11.3 Å². The van der Waals surface area contributed by atoms with E-state index >= 15 is 0 Å². The summed E-state index contributed by atoms with van der Waals surface area (Å²) in [5.41, 5.74) is 6.94. The molecule has 2 amide bonds. The third-order valence-corrected chi connectivity index (χ3v) is 3.84. The number of esters is 1. The Morgan fingerprint density at radius 1 is 1.53 bits per heavy atom. The van der Waals surface area contributed by atoms with Gasteiger partial charge in [-0.15, -0.1) is 0 Å². The average Bonchev–Trinajstić information content (AvgIpc) is 2.38. The number of nitrogens with one attached hydrogen (secondary N) is 2. The Kier molecular flexibility index (Phi) is 6.72. The van der Waals surface area contributed by atoms with E-state index in [-0.39, 0.29) is 24.6 Å². The second-order valence-corrected chi connectivity index (χ2v) is 5.20. The minimum Gasteiger partial charge on any atom is -0.463 e. The Morgan fingerprint density at radius 3 is 2.89 bits per heavy atom. The van der Waals surface area contributed by atoms with E-state index in [0.29, 0.717) is 23.6 Å². The number of rotatable bonds is 7. The van der Waals surface area contributed by atoms with Gasteiger partial charge in [-0.05, 0) is 13.3 Å². The molecule has 1 atom stereocenters.